The molecule has 1 aromatic heterocycles. The third kappa shape index (κ3) is 2.99. The Labute approximate surface area is 122 Å². The number of aryl methyl sites for hydroxylation is 3. The van der Waals surface area contributed by atoms with Crippen molar-refractivity contribution in [3.63, 3.8) is 0 Å². The Morgan fingerprint density at radius 1 is 1.40 bits per heavy atom. The lowest BCUT2D eigenvalue weighted by Gasteiger charge is -2.07. The SMILES string of the molecule is Cc1csc(CN=C(N)Nc2ccc3c(c2)CCC3)n1. The minimum Gasteiger partial charge on any atom is -0.370 e. The number of nitrogens with zero attached hydrogens (tertiary/aromatic N) is 2. The van der Waals surface area contributed by atoms with Crippen molar-refractivity contribution < 1.29 is 0 Å². The van der Waals surface area contributed by atoms with E-state index >= 15 is 0 Å². The molecule has 1 aromatic carbocycles. The largest absolute Gasteiger partial charge is 0.370 e. The average Bonchev–Trinajstić information content (AvgIpc) is 3.04. The van der Waals surface area contributed by atoms with Gasteiger partial charge in [-0.25, -0.2) is 9.98 Å². The van der Waals surface area contributed by atoms with Gasteiger partial charge in [0.05, 0.1) is 6.54 Å². The van der Waals surface area contributed by atoms with Crippen LogP contribution in [0, 0.1) is 6.92 Å². The van der Waals surface area contributed by atoms with Gasteiger partial charge in [0.1, 0.15) is 5.01 Å². The highest BCUT2D eigenvalue weighted by molar-refractivity contribution is 7.09. The second-order valence-corrected chi connectivity index (χ2v) is 5.99. The van der Waals surface area contributed by atoms with E-state index in [0.717, 1.165) is 16.4 Å². The number of aromatic nitrogens is 1. The molecule has 0 unspecified atom stereocenters. The molecule has 1 aliphatic carbocycles. The lowest BCUT2D eigenvalue weighted by atomic mass is 10.1. The van der Waals surface area contributed by atoms with Crippen LogP contribution < -0.4 is 11.1 Å². The Morgan fingerprint density at radius 2 is 2.25 bits per heavy atom. The zero-order valence-corrected chi connectivity index (χ0v) is 12.3. The first-order valence-electron chi connectivity index (χ1n) is 6.80. The highest BCUT2D eigenvalue weighted by Gasteiger charge is 2.10. The minimum absolute atomic E-state index is 0.441. The van der Waals surface area contributed by atoms with E-state index in [2.05, 4.69) is 33.5 Å². The molecule has 1 heterocycles. The number of aliphatic imine (C=N–C) groups is 1. The molecule has 0 fully saturated rings. The molecule has 0 radical (unpaired) electrons. The maximum Gasteiger partial charge on any atom is 0.193 e. The van der Waals surface area contributed by atoms with Gasteiger partial charge >= 0.3 is 0 Å². The van der Waals surface area contributed by atoms with E-state index in [0.29, 0.717) is 12.5 Å². The summed E-state index contributed by atoms with van der Waals surface area (Å²) in [6.07, 6.45) is 3.62. The highest BCUT2D eigenvalue weighted by Crippen LogP contribution is 2.24. The van der Waals surface area contributed by atoms with Crippen molar-refractivity contribution in [2.24, 2.45) is 10.7 Å². The summed E-state index contributed by atoms with van der Waals surface area (Å²) in [6, 6.07) is 6.43. The summed E-state index contributed by atoms with van der Waals surface area (Å²) >= 11 is 1.61. The molecule has 0 bridgehead atoms. The summed E-state index contributed by atoms with van der Waals surface area (Å²) in [5, 5.41) is 6.16. The van der Waals surface area contributed by atoms with Crippen LogP contribution in [0.15, 0.2) is 28.6 Å². The molecule has 4 nitrogen and oxygen atoms in total. The summed E-state index contributed by atoms with van der Waals surface area (Å²) in [5.41, 5.74) is 10.9. The number of anilines is 1. The van der Waals surface area contributed by atoms with Crippen molar-refractivity contribution in [1.82, 2.24) is 4.98 Å². The second-order valence-electron chi connectivity index (χ2n) is 5.05. The molecule has 0 amide bonds. The third-order valence-corrected chi connectivity index (χ3v) is 4.37. The van der Waals surface area contributed by atoms with Gasteiger partial charge in [0, 0.05) is 16.8 Å². The highest BCUT2D eigenvalue weighted by atomic mass is 32.1. The topological polar surface area (TPSA) is 63.3 Å². The molecule has 1 aliphatic rings. The van der Waals surface area contributed by atoms with Gasteiger partial charge < -0.3 is 11.1 Å². The van der Waals surface area contributed by atoms with Crippen molar-refractivity contribution in [3.05, 3.63) is 45.4 Å². The van der Waals surface area contributed by atoms with E-state index in [4.69, 9.17) is 5.73 Å². The minimum atomic E-state index is 0.441. The van der Waals surface area contributed by atoms with E-state index in [9.17, 15) is 0 Å². The molecule has 5 heteroatoms. The molecule has 2 aromatic rings. The maximum absolute atomic E-state index is 5.92. The molecular formula is C15H18N4S. The van der Waals surface area contributed by atoms with Crippen molar-refractivity contribution in [3.8, 4) is 0 Å². The molecule has 0 saturated carbocycles. The Kier molecular flexibility index (Phi) is 3.69. The molecule has 20 heavy (non-hydrogen) atoms. The van der Waals surface area contributed by atoms with E-state index in [-0.39, 0.29) is 0 Å². The van der Waals surface area contributed by atoms with E-state index in [1.807, 2.05) is 12.3 Å². The van der Waals surface area contributed by atoms with Gasteiger partial charge in [-0.3, -0.25) is 0 Å². The zero-order valence-electron chi connectivity index (χ0n) is 11.5. The molecule has 0 saturated heterocycles. The molecule has 0 aliphatic heterocycles. The Balaban J connectivity index is 1.64. The first-order valence-corrected chi connectivity index (χ1v) is 7.68. The lowest BCUT2D eigenvalue weighted by Crippen LogP contribution is -2.22. The fraction of sp³-hybridized carbons (Fsp3) is 0.333. The molecule has 0 atom stereocenters. The van der Waals surface area contributed by atoms with Crippen LogP contribution in [0.2, 0.25) is 0 Å². The summed E-state index contributed by atoms with van der Waals surface area (Å²) < 4.78 is 0. The van der Waals surface area contributed by atoms with Crippen LogP contribution in [0.25, 0.3) is 0 Å². The first kappa shape index (κ1) is 13.1. The van der Waals surface area contributed by atoms with Gasteiger partial charge in [0.25, 0.3) is 0 Å². The summed E-state index contributed by atoms with van der Waals surface area (Å²) in [7, 11) is 0. The standard InChI is InChI=1S/C15H18N4S/c1-10-9-20-14(18-10)8-17-15(16)19-13-6-5-11-3-2-4-12(11)7-13/h5-7,9H,2-4,8H2,1H3,(H3,16,17,19). The van der Waals surface area contributed by atoms with E-state index in [1.165, 1.54) is 30.4 Å². The van der Waals surface area contributed by atoms with Gasteiger partial charge in [-0.15, -0.1) is 11.3 Å². The van der Waals surface area contributed by atoms with Crippen LogP contribution in [0.5, 0.6) is 0 Å². The van der Waals surface area contributed by atoms with Crippen molar-refractivity contribution in [2.75, 3.05) is 5.32 Å². The predicted molar refractivity (Wildman–Crippen MR) is 84.3 cm³/mol. The van der Waals surface area contributed by atoms with Crippen molar-refractivity contribution >= 4 is 23.0 Å². The zero-order chi connectivity index (χ0) is 13.9. The number of fused-ring (bicyclic) bond motifs is 1. The van der Waals surface area contributed by atoms with Crippen molar-refractivity contribution in [2.45, 2.75) is 32.7 Å². The summed E-state index contributed by atoms with van der Waals surface area (Å²) in [6.45, 7) is 2.51. The van der Waals surface area contributed by atoms with Gasteiger partial charge in [0.15, 0.2) is 5.96 Å². The first-order chi connectivity index (χ1) is 9.70. The number of benzene rings is 1. The average molecular weight is 286 g/mol. The van der Waals surface area contributed by atoms with Crippen LogP contribution in [-0.2, 0) is 19.4 Å². The summed E-state index contributed by atoms with van der Waals surface area (Å²) in [4.78, 5) is 8.69. The number of hydrogen-bond acceptors (Lipinski definition) is 3. The maximum atomic E-state index is 5.92. The predicted octanol–water partition coefficient (Wildman–Crippen LogP) is 2.87. The Morgan fingerprint density at radius 3 is 3.05 bits per heavy atom. The number of thiazole rings is 1. The number of nitrogens with one attached hydrogen (secondary N) is 1. The second kappa shape index (κ2) is 5.63. The normalized spacial score (nSPS) is 14.3. The van der Waals surface area contributed by atoms with Gasteiger partial charge in [-0.05, 0) is 49.4 Å². The van der Waals surface area contributed by atoms with Gasteiger partial charge in [-0.1, -0.05) is 6.07 Å². The van der Waals surface area contributed by atoms with Crippen LogP contribution in [-0.4, -0.2) is 10.9 Å². The van der Waals surface area contributed by atoms with Crippen LogP contribution in [0.3, 0.4) is 0 Å². The molecule has 0 spiro atoms. The monoisotopic (exact) mass is 286 g/mol. The number of nitrogens with two attached hydrogens (primary N) is 1. The quantitative estimate of drug-likeness (QED) is 0.673. The Hall–Kier alpha value is -1.88. The smallest absolute Gasteiger partial charge is 0.193 e. The van der Waals surface area contributed by atoms with Gasteiger partial charge in [-0.2, -0.15) is 0 Å². The van der Waals surface area contributed by atoms with E-state index in [1.54, 1.807) is 11.3 Å². The lowest BCUT2D eigenvalue weighted by molar-refractivity contribution is 0.912. The van der Waals surface area contributed by atoms with E-state index < -0.39 is 0 Å². The Bertz CT molecular complexity index is 645. The summed E-state index contributed by atoms with van der Waals surface area (Å²) in [5.74, 6) is 0.441. The molecular weight excluding hydrogens is 268 g/mol. The van der Waals surface area contributed by atoms with Crippen molar-refractivity contribution in [1.29, 1.82) is 0 Å². The number of hydrogen-bond donors (Lipinski definition) is 2. The van der Waals surface area contributed by atoms with Gasteiger partial charge in [0.2, 0.25) is 0 Å². The van der Waals surface area contributed by atoms with Crippen LogP contribution >= 0.6 is 11.3 Å². The molecule has 104 valence electrons. The number of guanidine groups is 1. The fourth-order valence-corrected chi connectivity index (χ4v) is 3.16. The van der Waals surface area contributed by atoms with Crippen LogP contribution in [0.4, 0.5) is 5.69 Å². The fourth-order valence-electron chi connectivity index (χ4n) is 2.47. The third-order valence-electron chi connectivity index (χ3n) is 3.42. The number of rotatable bonds is 3. The molecule has 3 N–H and O–H groups in total. The molecule has 3 rings (SSSR count). The van der Waals surface area contributed by atoms with Crippen LogP contribution in [0.1, 0.15) is 28.2 Å².